The molecule has 0 aliphatic carbocycles. The molecule has 0 saturated carbocycles. The quantitative estimate of drug-likeness (QED) is 0.795. The van der Waals surface area contributed by atoms with Crippen LogP contribution >= 0.6 is 0 Å². The molecule has 17 heavy (non-hydrogen) atoms. The fraction of sp³-hybridized carbons (Fsp3) is 0.538. The van der Waals surface area contributed by atoms with Crippen LogP contribution in [0.25, 0.3) is 0 Å². The van der Waals surface area contributed by atoms with Crippen molar-refractivity contribution in [1.82, 2.24) is 0 Å². The van der Waals surface area contributed by atoms with E-state index < -0.39 is 10.8 Å². The average Bonchev–Trinajstić information content (AvgIpc) is 2.25. The van der Waals surface area contributed by atoms with E-state index in [1.54, 1.807) is 13.2 Å². The smallest absolute Gasteiger partial charge is 0.121 e. The minimum Gasteiger partial charge on any atom is -0.497 e. The summed E-state index contributed by atoms with van der Waals surface area (Å²) < 4.78 is 17.0. The lowest BCUT2D eigenvalue weighted by Crippen LogP contribution is -2.04. The molecule has 0 fully saturated rings. The Hall–Kier alpha value is -1.03. The van der Waals surface area contributed by atoms with Crippen molar-refractivity contribution in [2.75, 3.05) is 18.6 Å². The summed E-state index contributed by atoms with van der Waals surface area (Å²) in [4.78, 5) is 0. The van der Waals surface area contributed by atoms with E-state index in [1.807, 2.05) is 12.1 Å². The lowest BCUT2D eigenvalue weighted by atomic mass is 10.2. The van der Waals surface area contributed by atoms with Crippen LogP contribution in [0.15, 0.2) is 18.2 Å². The van der Waals surface area contributed by atoms with Gasteiger partial charge in [-0.15, -0.1) is 0 Å². The van der Waals surface area contributed by atoms with Crippen molar-refractivity contribution < 1.29 is 8.95 Å². The molecule has 0 amide bonds. The zero-order valence-corrected chi connectivity index (χ0v) is 11.5. The van der Waals surface area contributed by atoms with Gasteiger partial charge in [-0.2, -0.15) is 0 Å². The Kier molecular flexibility index (Phi) is 5.48. The van der Waals surface area contributed by atoms with Crippen LogP contribution in [-0.4, -0.2) is 17.1 Å². The standard InChI is InChI=1S/C13H21NO2S/c1-10(2)4-5-17(15)9-11-6-12(14)8-13(7-11)16-3/h6-8,10H,4-5,9,14H2,1-3H3. The van der Waals surface area contributed by atoms with Gasteiger partial charge in [0.1, 0.15) is 5.75 Å². The first-order chi connectivity index (χ1) is 8.01. The molecule has 4 heteroatoms. The van der Waals surface area contributed by atoms with E-state index in [4.69, 9.17) is 10.5 Å². The molecular weight excluding hydrogens is 234 g/mol. The Morgan fingerprint density at radius 1 is 1.35 bits per heavy atom. The summed E-state index contributed by atoms with van der Waals surface area (Å²) in [5, 5.41) is 0. The molecule has 0 aromatic heterocycles. The van der Waals surface area contributed by atoms with Gasteiger partial charge in [0, 0.05) is 34.1 Å². The van der Waals surface area contributed by atoms with Crippen molar-refractivity contribution in [3.8, 4) is 5.75 Å². The summed E-state index contributed by atoms with van der Waals surface area (Å²) in [5.41, 5.74) is 7.38. The lowest BCUT2D eigenvalue weighted by Gasteiger charge is -2.08. The van der Waals surface area contributed by atoms with Crippen molar-refractivity contribution in [1.29, 1.82) is 0 Å². The summed E-state index contributed by atoms with van der Waals surface area (Å²) in [6, 6.07) is 5.51. The maximum Gasteiger partial charge on any atom is 0.121 e. The minimum absolute atomic E-state index is 0.550. The van der Waals surface area contributed by atoms with Gasteiger partial charge < -0.3 is 10.5 Å². The Morgan fingerprint density at radius 2 is 2.06 bits per heavy atom. The number of rotatable bonds is 6. The van der Waals surface area contributed by atoms with Gasteiger partial charge in [0.05, 0.1) is 7.11 Å². The lowest BCUT2D eigenvalue weighted by molar-refractivity contribution is 0.414. The van der Waals surface area contributed by atoms with Crippen molar-refractivity contribution in [3.63, 3.8) is 0 Å². The van der Waals surface area contributed by atoms with E-state index in [2.05, 4.69) is 13.8 Å². The number of anilines is 1. The first-order valence-electron chi connectivity index (χ1n) is 5.79. The van der Waals surface area contributed by atoms with E-state index in [0.717, 1.165) is 23.5 Å². The van der Waals surface area contributed by atoms with Gasteiger partial charge in [0.25, 0.3) is 0 Å². The van der Waals surface area contributed by atoms with Crippen LogP contribution < -0.4 is 10.5 Å². The van der Waals surface area contributed by atoms with Crippen LogP contribution in [0.4, 0.5) is 5.69 Å². The fourth-order valence-electron chi connectivity index (χ4n) is 1.51. The van der Waals surface area contributed by atoms with Gasteiger partial charge >= 0.3 is 0 Å². The number of methoxy groups -OCH3 is 1. The SMILES string of the molecule is COc1cc(N)cc(CS(=O)CCC(C)C)c1. The molecule has 1 aromatic carbocycles. The first-order valence-corrected chi connectivity index (χ1v) is 7.28. The van der Waals surface area contributed by atoms with Crippen LogP contribution in [0.5, 0.6) is 5.75 Å². The molecule has 2 N–H and O–H groups in total. The molecule has 1 atom stereocenters. The van der Waals surface area contributed by atoms with Gasteiger partial charge in [0.15, 0.2) is 0 Å². The molecule has 0 spiro atoms. The van der Waals surface area contributed by atoms with Crippen LogP contribution in [0.1, 0.15) is 25.8 Å². The summed E-state index contributed by atoms with van der Waals surface area (Å²) in [7, 11) is 0.784. The number of nitrogen functional groups attached to an aromatic ring is 1. The Bertz CT molecular complexity index is 391. The highest BCUT2D eigenvalue weighted by molar-refractivity contribution is 7.84. The minimum atomic E-state index is -0.821. The predicted octanol–water partition coefficient (Wildman–Crippen LogP) is 2.57. The molecule has 96 valence electrons. The number of benzene rings is 1. The van der Waals surface area contributed by atoms with Crippen molar-refractivity contribution >= 4 is 16.5 Å². The maximum absolute atomic E-state index is 11.9. The highest BCUT2D eigenvalue weighted by Gasteiger charge is 2.06. The Labute approximate surface area is 106 Å². The Balaban J connectivity index is 2.61. The second-order valence-electron chi connectivity index (χ2n) is 4.59. The highest BCUT2D eigenvalue weighted by atomic mass is 32.2. The molecule has 1 rings (SSSR count). The van der Waals surface area contributed by atoms with E-state index in [-0.39, 0.29) is 0 Å². The van der Waals surface area contributed by atoms with Gasteiger partial charge in [-0.3, -0.25) is 4.21 Å². The van der Waals surface area contributed by atoms with Gasteiger partial charge in [-0.05, 0) is 30.0 Å². The third-order valence-electron chi connectivity index (χ3n) is 2.47. The Morgan fingerprint density at radius 3 is 2.65 bits per heavy atom. The van der Waals surface area contributed by atoms with Gasteiger partial charge in [-0.25, -0.2) is 0 Å². The van der Waals surface area contributed by atoms with Crippen molar-refractivity contribution in [2.24, 2.45) is 5.92 Å². The van der Waals surface area contributed by atoms with Crippen LogP contribution in [0, 0.1) is 5.92 Å². The van der Waals surface area contributed by atoms with E-state index >= 15 is 0 Å². The summed E-state index contributed by atoms with van der Waals surface area (Å²) in [6.45, 7) is 4.28. The van der Waals surface area contributed by atoms with Crippen molar-refractivity contribution in [3.05, 3.63) is 23.8 Å². The van der Waals surface area contributed by atoms with Crippen LogP contribution in [0.3, 0.4) is 0 Å². The molecule has 0 radical (unpaired) electrons. The van der Waals surface area contributed by atoms with Crippen LogP contribution in [-0.2, 0) is 16.6 Å². The molecule has 0 aliphatic heterocycles. The third-order valence-corrected chi connectivity index (χ3v) is 3.82. The van der Waals surface area contributed by atoms with Crippen molar-refractivity contribution in [2.45, 2.75) is 26.0 Å². The zero-order valence-electron chi connectivity index (χ0n) is 10.7. The van der Waals surface area contributed by atoms with E-state index in [0.29, 0.717) is 17.4 Å². The number of hydrogen-bond acceptors (Lipinski definition) is 3. The largest absolute Gasteiger partial charge is 0.497 e. The number of nitrogens with two attached hydrogens (primary N) is 1. The maximum atomic E-state index is 11.9. The van der Waals surface area contributed by atoms with Gasteiger partial charge in [0.2, 0.25) is 0 Å². The monoisotopic (exact) mass is 255 g/mol. The summed E-state index contributed by atoms with van der Waals surface area (Å²) in [6.07, 6.45) is 0.992. The normalized spacial score (nSPS) is 12.7. The second-order valence-corrected chi connectivity index (χ2v) is 6.16. The highest BCUT2D eigenvalue weighted by Crippen LogP contribution is 2.19. The molecule has 0 heterocycles. The first kappa shape index (κ1) is 14.0. The zero-order chi connectivity index (χ0) is 12.8. The molecule has 3 nitrogen and oxygen atoms in total. The van der Waals surface area contributed by atoms with Crippen LogP contribution in [0.2, 0.25) is 0 Å². The predicted molar refractivity (Wildman–Crippen MR) is 73.6 cm³/mol. The average molecular weight is 255 g/mol. The van der Waals surface area contributed by atoms with Gasteiger partial charge in [-0.1, -0.05) is 13.8 Å². The molecule has 1 aromatic rings. The molecular formula is C13H21NO2S. The topological polar surface area (TPSA) is 52.3 Å². The molecule has 0 aliphatic rings. The molecule has 0 bridgehead atoms. The van der Waals surface area contributed by atoms with E-state index in [9.17, 15) is 4.21 Å². The number of hydrogen-bond donors (Lipinski definition) is 1. The molecule has 1 unspecified atom stereocenters. The summed E-state index contributed by atoms with van der Waals surface area (Å²) in [5.74, 6) is 2.61. The summed E-state index contributed by atoms with van der Waals surface area (Å²) >= 11 is 0. The molecule has 0 saturated heterocycles. The fourth-order valence-corrected chi connectivity index (χ4v) is 2.93. The van der Waals surface area contributed by atoms with E-state index in [1.165, 1.54) is 0 Å². The third kappa shape index (κ3) is 5.22. The second kappa shape index (κ2) is 6.64. The number of ether oxygens (including phenoxy) is 1.